The van der Waals surface area contributed by atoms with Gasteiger partial charge in [-0.05, 0) is 0 Å². The number of methoxy groups -OCH3 is 1. The molecule has 62 valence electrons. The Morgan fingerprint density at radius 2 is 2.18 bits per heavy atom. The molecule has 3 heteroatoms. The second kappa shape index (κ2) is 3.90. The molecule has 0 saturated carbocycles. The zero-order valence-corrected chi connectivity index (χ0v) is 8.55. The van der Waals surface area contributed by atoms with Crippen molar-refractivity contribution in [2.75, 3.05) is 12.0 Å². The number of hydrogen-bond donors (Lipinski definition) is 0. The van der Waals surface area contributed by atoms with Gasteiger partial charge in [0, 0.05) is 0 Å². The molecule has 0 atom stereocenters. The van der Waals surface area contributed by atoms with Crippen LogP contribution in [-0.2, 0) is 0 Å². The van der Waals surface area contributed by atoms with Crippen LogP contribution in [0.5, 0.6) is 5.75 Å². The molecule has 0 unspecified atom stereocenters. The van der Waals surface area contributed by atoms with E-state index in [2.05, 4.69) is 0 Å². The summed E-state index contributed by atoms with van der Waals surface area (Å²) in [5, 5.41) is 0. The van der Waals surface area contributed by atoms with Crippen molar-refractivity contribution in [2.45, 2.75) is 0 Å². The molecular formula is C8H9FIO-. The van der Waals surface area contributed by atoms with Crippen LogP contribution in [-0.4, -0.2) is 12.0 Å². The third-order valence-corrected chi connectivity index (χ3v) is 3.45. The fourth-order valence-corrected chi connectivity index (χ4v) is 2.45. The van der Waals surface area contributed by atoms with Crippen molar-refractivity contribution in [3.63, 3.8) is 0 Å². The van der Waals surface area contributed by atoms with Crippen molar-refractivity contribution in [2.24, 2.45) is 0 Å². The zero-order valence-electron chi connectivity index (χ0n) is 6.40. The maximum atomic E-state index is 13.0. The van der Waals surface area contributed by atoms with E-state index in [1.807, 2.05) is 4.93 Å². The van der Waals surface area contributed by atoms with E-state index in [0.29, 0.717) is 5.75 Å². The molecule has 1 aromatic rings. The minimum absolute atomic E-state index is 0.139. The average molecular weight is 267 g/mol. The van der Waals surface area contributed by atoms with E-state index in [9.17, 15) is 4.39 Å². The second-order valence-corrected chi connectivity index (χ2v) is 4.10. The van der Waals surface area contributed by atoms with Crippen LogP contribution in [0.3, 0.4) is 0 Å². The van der Waals surface area contributed by atoms with Crippen molar-refractivity contribution < 1.29 is 30.3 Å². The summed E-state index contributed by atoms with van der Waals surface area (Å²) >= 11 is -0.240. The minimum atomic E-state index is -0.240. The van der Waals surface area contributed by atoms with E-state index in [1.54, 1.807) is 19.2 Å². The number of rotatable bonds is 2. The van der Waals surface area contributed by atoms with E-state index >= 15 is 0 Å². The van der Waals surface area contributed by atoms with Gasteiger partial charge in [-0.3, -0.25) is 0 Å². The van der Waals surface area contributed by atoms with Crippen LogP contribution in [0.25, 0.3) is 0 Å². The Balaban J connectivity index is 3.13. The summed E-state index contributed by atoms with van der Waals surface area (Å²) in [5.74, 6) is 0.542. The molecule has 1 nitrogen and oxygen atoms in total. The summed E-state index contributed by atoms with van der Waals surface area (Å²) in [4.78, 5) is 2.01. The number of hydrogen-bond acceptors (Lipinski definition) is 1. The molecule has 0 aromatic heterocycles. The number of alkyl halides is 1. The van der Waals surface area contributed by atoms with Crippen LogP contribution in [0.1, 0.15) is 0 Å². The van der Waals surface area contributed by atoms with Crippen molar-refractivity contribution in [1.29, 1.82) is 0 Å². The van der Waals surface area contributed by atoms with Gasteiger partial charge in [-0.25, -0.2) is 0 Å². The molecule has 0 saturated heterocycles. The van der Waals surface area contributed by atoms with Crippen molar-refractivity contribution >= 4 is 0 Å². The average Bonchev–Trinajstić information content (AvgIpc) is 2.04. The van der Waals surface area contributed by atoms with Crippen molar-refractivity contribution in [3.8, 4) is 5.75 Å². The van der Waals surface area contributed by atoms with E-state index in [0.717, 1.165) is 3.57 Å². The molecule has 0 spiro atoms. The zero-order chi connectivity index (χ0) is 8.27. The van der Waals surface area contributed by atoms with Gasteiger partial charge in [0.25, 0.3) is 0 Å². The first kappa shape index (κ1) is 8.77. The summed E-state index contributed by atoms with van der Waals surface area (Å²) in [6.45, 7) is 0. The molecule has 1 rings (SSSR count). The number of benzene rings is 1. The molecule has 1 aromatic carbocycles. The summed E-state index contributed by atoms with van der Waals surface area (Å²) < 4.78 is 18.7. The quantitative estimate of drug-likeness (QED) is 0.479. The molecule has 0 fully saturated rings. The summed E-state index contributed by atoms with van der Waals surface area (Å²) in [6.07, 6.45) is 0. The van der Waals surface area contributed by atoms with Crippen LogP contribution >= 0.6 is 0 Å². The molecule has 0 heterocycles. The predicted molar refractivity (Wildman–Crippen MR) is 37.6 cm³/mol. The molecule has 0 aliphatic heterocycles. The van der Waals surface area contributed by atoms with Crippen LogP contribution in [0.4, 0.5) is 4.39 Å². The Bertz CT molecular complexity index is 250. The van der Waals surface area contributed by atoms with Gasteiger partial charge in [0.15, 0.2) is 0 Å². The first-order valence-corrected chi connectivity index (χ1v) is 6.35. The first-order valence-electron chi connectivity index (χ1n) is 3.11. The number of halogens is 2. The van der Waals surface area contributed by atoms with Gasteiger partial charge in [0.1, 0.15) is 0 Å². The van der Waals surface area contributed by atoms with Gasteiger partial charge in [-0.2, -0.15) is 0 Å². The van der Waals surface area contributed by atoms with E-state index < -0.39 is 0 Å². The fourth-order valence-electron chi connectivity index (χ4n) is 0.825. The van der Waals surface area contributed by atoms with Gasteiger partial charge >= 0.3 is 75.7 Å². The SMILES string of the molecule is COc1cccc(F)c1[I-]C. The standard InChI is InChI=1S/C8H9FIO/c1-10-8-6(9)4-3-5-7(8)11-2/h3-5H,1-2H3/q-1. The Morgan fingerprint density at radius 1 is 1.45 bits per heavy atom. The Kier molecular flexibility index (Phi) is 3.11. The molecule has 0 radical (unpaired) electrons. The monoisotopic (exact) mass is 267 g/mol. The predicted octanol–water partition coefficient (Wildman–Crippen LogP) is -1.28. The van der Waals surface area contributed by atoms with Crippen LogP contribution in [0.2, 0.25) is 0 Å². The molecule has 11 heavy (non-hydrogen) atoms. The third kappa shape index (κ3) is 1.83. The summed E-state index contributed by atoms with van der Waals surface area (Å²) in [7, 11) is 1.57. The van der Waals surface area contributed by atoms with Crippen molar-refractivity contribution in [1.82, 2.24) is 0 Å². The fraction of sp³-hybridized carbons (Fsp3) is 0.250. The first-order chi connectivity index (χ1) is 5.29. The van der Waals surface area contributed by atoms with E-state index in [4.69, 9.17) is 4.74 Å². The van der Waals surface area contributed by atoms with Gasteiger partial charge in [0.05, 0.1) is 0 Å². The van der Waals surface area contributed by atoms with Gasteiger partial charge in [-0.15, -0.1) is 0 Å². The maximum absolute atomic E-state index is 13.0. The molecular weight excluding hydrogens is 258 g/mol. The van der Waals surface area contributed by atoms with Crippen LogP contribution in [0, 0.1) is 9.39 Å². The van der Waals surface area contributed by atoms with Crippen LogP contribution in [0.15, 0.2) is 18.2 Å². The molecule has 0 aliphatic carbocycles. The second-order valence-electron chi connectivity index (χ2n) is 1.95. The Labute approximate surface area is 75.8 Å². The van der Waals surface area contributed by atoms with Gasteiger partial charge < -0.3 is 0 Å². The number of ether oxygens (including phenoxy) is 1. The van der Waals surface area contributed by atoms with Crippen LogP contribution < -0.4 is 25.9 Å². The van der Waals surface area contributed by atoms with Gasteiger partial charge in [0.2, 0.25) is 0 Å². The van der Waals surface area contributed by atoms with E-state index in [1.165, 1.54) is 6.07 Å². The summed E-state index contributed by atoms with van der Waals surface area (Å²) in [5.41, 5.74) is 0. The topological polar surface area (TPSA) is 9.23 Å². The molecule has 0 bridgehead atoms. The molecule has 0 aliphatic rings. The Morgan fingerprint density at radius 3 is 2.64 bits per heavy atom. The van der Waals surface area contributed by atoms with Crippen molar-refractivity contribution in [3.05, 3.63) is 27.6 Å². The normalized spacial score (nSPS) is 10.1. The van der Waals surface area contributed by atoms with Gasteiger partial charge in [-0.1, -0.05) is 0 Å². The molecule has 0 N–H and O–H groups in total. The summed E-state index contributed by atoms with van der Waals surface area (Å²) in [6, 6.07) is 4.93. The Hall–Kier alpha value is -0.320. The molecule has 0 amide bonds. The third-order valence-electron chi connectivity index (χ3n) is 1.33. The van der Waals surface area contributed by atoms with E-state index in [-0.39, 0.29) is 27.0 Å².